The van der Waals surface area contributed by atoms with E-state index in [2.05, 4.69) is 47.8 Å². The third-order valence-corrected chi connectivity index (χ3v) is 5.39. The molecule has 0 saturated carbocycles. The summed E-state index contributed by atoms with van der Waals surface area (Å²) in [5.74, 6) is 0. The monoisotopic (exact) mass is 452 g/mol. The van der Waals surface area contributed by atoms with E-state index in [0.29, 0.717) is 8.95 Å². The van der Waals surface area contributed by atoms with Crippen LogP contribution in [0.5, 0.6) is 0 Å². The molecule has 2 aromatic rings. The summed E-state index contributed by atoms with van der Waals surface area (Å²) in [5, 5.41) is 0. The third kappa shape index (κ3) is 3.04. The Morgan fingerprint density at radius 3 is 1.83 bits per heavy atom. The van der Waals surface area contributed by atoms with E-state index in [4.69, 9.17) is 0 Å². The molecule has 0 radical (unpaired) electrons. The quantitative estimate of drug-likeness (QED) is 0.652. The molecule has 0 aliphatic carbocycles. The lowest BCUT2D eigenvalue weighted by molar-refractivity contribution is 0.596. The average molecular weight is 455 g/mol. The number of halogens is 3. The highest BCUT2D eigenvalue weighted by atomic mass is 79.9. The van der Waals surface area contributed by atoms with E-state index in [1.54, 1.807) is 42.5 Å². The summed E-state index contributed by atoms with van der Waals surface area (Å²) in [7, 11) is -3.50. The van der Waals surface area contributed by atoms with Crippen molar-refractivity contribution in [1.82, 2.24) is 0 Å². The van der Waals surface area contributed by atoms with E-state index in [0.717, 1.165) is 4.47 Å². The number of hydrogen-bond donors (Lipinski definition) is 0. The first-order valence-electron chi connectivity index (χ1n) is 4.86. The van der Waals surface area contributed by atoms with Gasteiger partial charge in [0, 0.05) is 13.4 Å². The molecule has 0 aliphatic heterocycles. The van der Waals surface area contributed by atoms with Crippen molar-refractivity contribution in [2.75, 3.05) is 0 Å². The van der Waals surface area contributed by atoms with Gasteiger partial charge >= 0.3 is 0 Å². The lowest BCUT2D eigenvalue weighted by atomic mass is 10.4. The molecule has 0 aliphatic rings. The molecule has 2 aromatic carbocycles. The summed E-state index contributed by atoms with van der Waals surface area (Å²) in [6, 6.07) is 11.6. The Bertz CT molecular complexity index is 676. The third-order valence-electron chi connectivity index (χ3n) is 2.25. The van der Waals surface area contributed by atoms with Gasteiger partial charge in [-0.05, 0) is 36.4 Å². The summed E-state index contributed by atoms with van der Waals surface area (Å²) >= 11 is 9.85. The van der Waals surface area contributed by atoms with Crippen molar-refractivity contribution in [3.63, 3.8) is 0 Å². The summed E-state index contributed by atoms with van der Waals surface area (Å²) in [4.78, 5) is 0.517. The standard InChI is InChI=1S/C12H7Br3O2S/c13-8-2-1-3-11(5-8)18(16,17)12-6-9(14)4-10(15)7-12/h1-7H. The number of benzene rings is 2. The molecule has 0 N–H and O–H groups in total. The van der Waals surface area contributed by atoms with Crippen LogP contribution in [0, 0.1) is 0 Å². The van der Waals surface area contributed by atoms with Crippen LogP contribution >= 0.6 is 47.8 Å². The van der Waals surface area contributed by atoms with Crippen LogP contribution in [0.25, 0.3) is 0 Å². The van der Waals surface area contributed by atoms with Crippen LogP contribution in [0.3, 0.4) is 0 Å². The predicted molar refractivity (Wildman–Crippen MR) is 81.4 cm³/mol. The van der Waals surface area contributed by atoms with E-state index < -0.39 is 9.84 Å². The van der Waals surface area contributed by atoms with Gasteiger partial charge in [0.25, 0.3) is 0 Å². The van der Waals surface area contributed by atoms with Gasteiger partial charge in [-0.2, -0.15) is 0 Å². The molecule has 94 valence electrons. The van der Waals surface area contributed by atoms with Crippen molar-refractivity contribution in [2.24, 2.45) is 0 Å². The van der Waals surface area contributed by atoms with E-state index in [9.17, 15) is 8.42 Å². The van der Waals surface area contributed by atoms with Gasteiger partial charge < -0.3 is 0 Å². The molecule has 0 aromatic heterocycles. The maximum atomic E-state index is 12.4. The minimum atomic E-state index is -3.50. The van der Waals surface area contributed by atoms with Gasteiger partial charge in [-0.1, -0.05) is 53.9 Å². The number of rotatable bonds is 2. The average Bonchev–Trinajstić information content (AvgIpc) is 2.27. The number of hydrogen-bond acceptors (Lipinski definition) is 2. The van der Waals surface area contributed by atoms with Gasteiger partial charge in [0.2, 0.25) is 9.84 Å². The minimum Gasteiger partial charge on any atom is -0.219 e. The molecule has 0 heterocycles. The molecule has 0 bridgehead atoms. The van der Waals surface area contributed by atoms with Crippen LogP contribution in [0.2, 0.25) is 0 Å². The second-order valence-corrected chi connectivity index (χ2v) is 8.26. The second-order valence-electron chi connectivity index (χ2n) is 3.57. The van der Waals surface area contributed by atoms with E-state index in [1.807, 2.05) is 0 Å². The lowest BCUT2D eigenvalue weighted by Gasteiger charge is -2.06. The van der Waals surface area contributed by atoms with Gasteiger partial charge in [-0.15, -0.1) is 0 Å². The Balaban J connectivity index is 2.61. The topological polar surface area (TPSA) is 34.1 Å². The van der Waals surface area contributed by atoms with Crippen molar-refractivity contribution >= 4 is 57.6 Å². The first-order valence-corrected chi connectivity index (χ1v) is 8.72. The zero-order valence-corrected chi connectivity index (χ0v) is 14.5. The number of sulfone groups is 1. The molecule has 2 rings (SSSR count). The lowest BCUT2D eigenvalue weighted by Crippen LogP contribution is -2.02. The fraction of sp³-hybridized carbons (Fsp3) is 0. The predicted octanol–water partition coefficient (Wildman–Crippen LogP) is 4.81. The van der Waals surface area contributed by atoms with Crippen LogP contribution in [0.1, 0.15) is 0 Å². The molecular formula is C12H7Br3O2S. The molecule has 6 heteroatoms. The van der Waals surface area contributed by atoms with E-state index in [-0.39, 0.29) is 9.79 Å². The Morgan fingerprint density at radius 1 is 0.722 bits per heavy atom. The molecule has 0 amide bonds. The molecule has 0 unspecified atom stereocenters. The summed E-state index contributed by atoms with van der Waals surface area (Å²) in [6.45, 7) is 0. The molecule has 2 nitrogen and oxygen atoms in total. The summed E-state index contributed by atoms with van der Waals surface area (Å²) in [6.07, 6.45) is 0. The molecule has 0 fully saturated rings. The van der Waals surface area contributed by atoms with E-state index in [1.165, 1.54) is 0 Å². The zero-order chi connectivity index (χ0) is 13.3. The SMILES string of the molecule is O=S(=O)(c1cccc(Br)c1)c1cc(Br)cc(Br)c1. The van der Waals surface area contributed by atoms with Gasteiger partial charge in [0.05, 0.1) is 9.79 Å². The highest BCUT2D eigenvalue weighted by Crippen LogP contribution is 2.28. The van der Waals surface area contributed by atoms with Crippen molar-refractivity contribution < 1.29 is 8.42 Å². The largest absolute Gasteiger partial charge is 0.219 e. The van der Waals surface area contributed by atoms with Gasteiger partial charge in [0.15, 0.2) is 0 Å². The first kappa shape index (κ1) is 14.2. The Morgan fingerprint density at radius 2 is 1.28 bits per heavy atom. The molecule has 0 saturated heterocycles. The highest BCUT2D eigenvalue weighted by molar-refractivity contribution is 9.11. The van der Waals surface area contributed by atoms with Crippen LogP contribution < -0.4 is 0 Å². The Hall–Kier alpha value is -0.170. The first-order chi connectivity index (χ1) is 8.39. The molecule has 0 atom stereocenters. The van der Waals surface area contributed by atoms with Crippen molar-refractivity contribution in [2.45, 2.75) is 9.79 Å². The Kier molecular flexibility index (Phi) is 4.31. The van der Waals surface area contributed by atoms with Crippen LogP contribution in [-0.2, 0) is 9.84 Å². The fourth-order valence-corrected chi connectivity index (χ4v) is 4.98. The second kappa shape index (κ2) is 5.45. The smallest absolute Gasteiger partial charge is 0.206 e. The molecule has 0 spiro atoms. The van der Waals surface area contributed by atoms with Gasteiger partial charge in [-0.3, -0.25) is 0 Å². The fourth-order valence-electron chi connectivity index (χ4n) is 1.45. The molecule has 18 heavy (non-hydrogen) atoms. The molecular weight excluding hydrogens is 448 g/mol. The van der Waals surface area contributed by atoms with Crippen molar-refractivity contribution in [3.8, 4) is 0 Å². The van der Waals surface area contributed by atoms with Crippen LogP contribution in [0.4, 0.5) is 0 Å². The normalized spacial score (nSPS) is 11.5. The van der Waals surface area contributed by atoms with Gasteiger partial charge in [0.1, 0.15) is 0 Å². The van der Waals surface area contributed by atoms with E-state index >= 15 is 0 Å². The minimum absolute atomic E-state index is 0.252. The van der Waals surface area contributed by atoms with Crippen molar-refractivity contribution in [3.05, 3.63) is 55.9 Å². The van der Waals surface area contributed by atoms with Crippen LogP contribution in [-0.4, -0.2) is 8.42 Å². The van der Waals surface area contributed by atoms with Gasteiger partial charge in [-0.25, -0.2) is 8.42 Å². The highest BCUT2D eigenvalue weighted by Gasteiger charge is 2.18. The van der Waals surface area contributed by atoms with Crippen molar-refractivity contribution in [1.29, 1.82) is 0 Å². The Labute approximate surface area is 131 Å². The summed E-state index contributed by atoms with van der Waals surface area (Å²) < 4.78 is 27.0. The maximum Gasteiger partial charge on any atom is 0.206 e. The maximum absolute atomic E-state index is 12.4. The van der Waals surface area contributed by atoms with Crippen LogP contribution in [0.15, 0.2) is 65.7 Å². The zero-order valence-electron chi connectivity index (χ0n) is 8.90. The summed E-state index contributed by atoms with van der Waals surface area (Å²) in [5.41, 5.74) is 0.